The summed E-state index contributed by atoms with van der Waals surface area (Å²) in [6, 6.07) is 9.89. The Bertz CT molecular complexity index is 690. The zero-order valence-electron chi connectivity index (χ0n) is 12.7. The lowest BCUT2D eigenvalue weighted by Gasteiger charge is -2.13. The first-order valence-electron chi connectivity index (χ1n) is 7.78. The Kier molecular flexibility index (Phi) is 4.48. The first kappa shape index (κ1) is 15.1. The fourth-order valence-electron chi connectivity index (χ4n) is 3.00. The zero-order chi connectivity index (χ0) is 15.5. The average Bonchev–Trinajstić information content (AvgIpc) is 2.93. The van der Waals surface area contributed by atoms with Crippen LogP contribution < -0.4 is 0 Å². The van der Waals surface area contributed by atoms with Crippen molar-refractivity contribution in [2.75, 3.05) is 0 Å². The van der Waals surface area contributed by atoms with E-state index in [-0.39, 0.29) is 17.5 Å². The van der Waals surface area contributed by atoms with Crippen molar-refractivity contribution in [3.05, 3.63) is 51.5 Å². The molecule has 0 aliphatic heterocycles. The summed E-state index contributed by atoms with van der Waals surface area (Å²) in [5.41, 5.74) is 1.96. The zero-order valence-corrected chi connectivity index (χ0v) is 13.5. The Morgan fingerprint density at radius 3 is 2.73 bits per heavy atom. The van der Waals surface area contributed by atoms with Crippen LogP contribution in [0.3, 0.4) is 0 Å². The third-order valence-electron chi connectivity index (χ3n) is 4.14. The summed E-state index contributed by atoms with van der Waals surface area (Å²) in [4.78, 5) is 29.8. The van der Waals surface area contributed by atoms with Gasteiger partial charge in [0, 0.05) is 12.3 Å². The van der Waals surface area contributed by atoms with E-state index < -0.39 is 0 Å². The van der Waals surface area contributed by atoms with Gasteiger partial charge in [0.1, 0.15) is 10.8 Å². The topological polar surface area (TPSA) is 47.0 Å². The van der Waals surface area contributed by atoms with Crippen molar-refractivity contribution in [1.29, 1.82) is 0 Å². The number of thiazole rings is 1. The Morgan fingerprint density at radius 1 is 1.27 bits per heavy atom. The number of aryl methyl sites for hydroxylation is 1. The number of carbonyl (C=O) groups excluding carboxylic acids is 2. The summed E-state index contributed by atoms with van der Waals surface area (Å²) in [6.07, 6.45) is 3.47. The van der Waals surface area contributed by atoms with Gasteiger partial charge in [0.15, 0.2) is 5.78 Å². The van der Waals surface area contributed by atoms with Crippen molar-refractivity contribution in [1.82, 2.24) is 4.98 Å². The minimum atomic E-state index is -0.0853. The lowest BCUT2D eigenvalue weighted by molar-refractivity contribution is -0.119. The molecule has 0 saturated heterocycles. The molecule has 1 heterocycles. The van der Waals surface area contributed by atoms with Crippen LogP contribution in [0.4, 0.5) is 0 Å². The van der Waals surface area contributed by atoms with Crippen molar-refractivity contribution in [3.63, 3.8) is 0 Å². The van der Waals surface area contributed by atoms with Crippen LogP contribution in [0.25, 0.3) is 0 Å². The van der Waals surface area contributed by atoms with Crippen molar-refractivity contribution in [2.45, 2.75) is 44.9 Å². The van der Waals surface area contributed by atoms with E-state index in [0.29, 0.717) is 12.8 Å². The van der Waals surface area contributed by atoms with Gasteiger partial charge in [0.2, 0.25) is 0 Å². The molecule has 3 rings (SSSR count). The van der Waals surface area contributed by atoms with Crippen LogP contribution in [0.2, 0.25) is 0 Å². The van der Waals surface area contributed by atoms with Gasteiger partial charge in [0.05, 0.1) is 17.0 Å². The fourth-order valence-corrected chi connectivity index (χ4v) is 4.09. The molecule has 1 aliphatic carbocycles. The van der Waals surface area contributed by atoms with Crippen LogP contribution in [0, 0.1) is 0 Å². The molecule has 0 radical (unpaired) electrons. The molecule has 1 atom stereocenters. The van der Waals surface area contributed by atoms with E-state index in [2.05, 4.69) is 4.98 Å². The van der Waals surface area contributed by atoms with Gasteiger partial charge in [-0.3, -0.25) is 9.59 Å². The molecule has 0 saturated carbocycles. The molecule has 114 valence electrons. The van der Waals surface area contributed by atoms with Gasteiger partial charge in [-0.25, -0.2) is 4.98 Å². The summed E-state index contributed by atoms with van der Waals surface area (Å²) in [6.45, 7) is 2.03. The molecule has 1 aliphatic rings. The predicted octanol–water partition coefficient (Wildman–Crippen LogP) is 3.97. The number of ketones is 2. The molecule has 3 nitrogen and oxygen atoms in total. The molecule has 0 amide bonds. The number of Topliss-reactive ketones (excluding diaryl/α,β-unsaturated/α-hetero) is 2. The van der Waals surface area contributed by atoms with E-state index in [9.17, 15) is 9.59 Å². The summed E-state index contributed by atoms with van der Waals surface area (Å²) in [5, 5.41) is 0.791. The van der Waals surface area contributed by atoms with Crippen LogP contribution >= 0.6 is 11.3 Å². The molecule has 0 fully saturated rings. The second-order valence-corrected chi connectivity index (χ2v) is 6.76. The smallest absolute Gasteiger partial charge is 0.174 e. The van der Waals surface area contributed by atoms with Crippen LogP contribution in [-0.2, 0) is 17.6 Å². The molecule has 0 bridgehead atoms. The maximum absolute atomic E-state index is 12.6. The van der Waals surface area contributed by atoms with Gasteiger partial charge < -0.3 is 0 Å². The van der Waals surface area contributed by atoms with Gasteiger partial charge in [0.25, 0.3) is 0 Å². The SMILES string of the molecule is CCC(C(=O)Cc1nc2c(s1)C(=O)CCC2)c1ccccc1. The molecule has 2 aromatic rings. The highest BCUT2D eigenvalue weighted by Gasteiger charge is 2.25. The largest absolute Gasteiger partial charge is 0.299 e. The van der Waals surface area contributed by atoms with Gasteiger partial charge in [-0.15, -0.1) is 11.3 Å². The van der Waals surface area contributed by atoms with Crippen molar-refractivity contribution < 1.29 is 9.59 Å². The van der Waals surface area contributed by atoms with E-state index in [1.54, 1.807) is 0 Å². The number of hydrogen-bond donors (Lipinski definition) is 0. The summed E-state index contributed by atoms with van der Waals surface area (Å²) in [5.74, 6) is 0.289. The number of fused-ring (bicyclic) bond motifs is 1. The van der Waals surface area contributed by atoms with Crippen LogP contribution in [0.1, 0.15) is 58.0 Å². The lowest BCUT2D eigenvalue weighted by Crippen LogP contribution is -2.14. The number of aromatic nitrogens is 1. The standard InChI is InChI=1S/C18H19NO2S/c1-2-13(12-7-4-3-5-8-12)16(21)11-17-19-14-9-6-10-15(20)18(14)22-17/h3-5,7-8,13H,2,6,9-11H2,1H3. The predicted molar refractivity (Wildman–Crippen MR) is 87.6 cm³/mol. The highest BCUT2D eigenvalue weighted by Crippen LogP contribution is 2.29. The van der Waals surface area contributed by atoms with E-state index in [1.165, 1.54) is 11.3 Å². The first-order valence-corrected chi connectivity index (χ1v) is 8.60. The van der Waals surface area contributed by atoms with E-state index in [4.69, 9.17) is 0 Å². The summed E-state index contributed by atoms with van der Waals surface area (Å²) < 4.78 is 0. The number of hydrogen-bond acceptors (Lipinski definition) is 4. The lowest BCUT2D eigenvalue weighted by atomic mass is 9.91. The monoisotopic (exact) mass is 313 g/mol. The Hall–Kier alpha value is -1.81. The van der Waals surface area contributed by atoms with E-state index in [1.807, 2.05) is 37.3 Å². The summed E-state index contributed by atoms with van der Waals surface area (Å²) >= 11 is 1.41. The number of carbonyl (C=O) groups is 2. The fraction of sp³-hybridized carbons (Fsp3) is 0.389. The van der Waals surface area contributed by atoms with E-state index >= 15 is 0 Å². The molecule has 1 aromatic carbocycles. The molecule has 1 aromatic heterocycles. The maximum atomic E-state index is 12.6. The second kappa shape index (κ2) is 6.53. The molecule has 1 unspecified atom stereocenters. The normalized spacial score (nSPS) is 15.4. The van der Waals surface area contributed by atoms with Crippen molar-refractivity contribution in [3.8, 4) is 0 Å². The Labute approximate surface area is 134 Å². The number of rotatable bonds is 5. The van der Waals surface area contributed by atoms with Crippen LogP contribution in [0.15, 0.2) is 30.3 Å². The Morgan fingerprint density at radius 2 is 2.05 bits per heavy atom. The van der Waals surface area contributed by atoms with Gasteiger partial charge in [-0.2, -0.15) is 0 Å². The molecule has 22 heavy (non-hydrogen) atoms. The summed E-state index contributed by atoms with van der Waals surface area (Å²) in [7, 11) is 0. The molecule has 0 N–H and O–H groups in total. The molecule has 4 heteroatoms. The third-order valence-corrected chi connectivity index (χ3v) is 5.28. The van der Waals surface area contributed by atoms with Gasteiger partial charge >= 0.3 is 0 Å². The molecular formula is C18H19NO2S. The highest BCUT2D eigenvalue weighted by atomic mass is 32.1. The number of nitrogens with zero attached hydrogens (tertiary/aromatic N) is 1. The van der Waals surface area contributed by atoms with Crippen LogP contribution in [-0.4, -0.2) is 16.6 Å². The first-order chi connectivity index (χ1) is 10.7. The highest BCUT2D eigenvalue weighted by molar-refractivity contribution is 7.14. The van der Waals surface area contributed by atoms with Gasteiger partial charge in [-0.1, -0.05) is 37.3 Å². The second-order valence-electron chi connectivity index (χ2n) is 5.67. The minimum Gasteiger partial charge on any atom is -0.299 e. The van der Waals surface area contributed by atoms with E-state index in [0.717, 1.165) is 40.4 Å². The van der Waals surface area contributed by atoms with Crippen molar-refractivity contribution >= 4 is 22.9 Å². The van der Waals surface area contributed by atoms with Crippen LogP contribution in [0.5, 0.6) is 0 Å². The molecule has 0 spiro atoms. The maximum Gasteiger partial charge on any atom is 0.174 e. The quantitative estimate of drug-likeness (QED) is 0.839. The minimum absolute atomic E-state index is 0.0853. The van der Waals surface area contributed by atoms with Gasteiger partial charge in [-0.05, 0) is 24.8 Å². The Balaban J connectivity index is 1.78. The third kappa shape index (κ3) is 3.02. The average molecular weight is 313 g/mol. The van der Waals surface area contributed by atoms with Crippen molar-refractivity contribution in [2.24, 2.45) is 0 Å². The number of benzene rings is 1. The molecular weight excluding hydrogens is 294 g/mol.